The van der Waals surface area contributed by atoms with Gasteiger partial charge in [-0.1, -0.05) is 21.1 Å². The third-order valence-electron chi connectivity index (χ3n) is 7.80. The molecule has 0 radical (unpaired) electrons. The summed E-state index contributed by atoms with van der Waals surface area (Å²) in [6, 6.07) is 5.96. The van der Waals surface area contributed by atoms with Crippen molar-refractivity contribution in [3.8, 4) is 11.3 Å². The van der Waals surface area contributed by atoms with Gasteiger partial charge >= 0.3 is 0 Å². The minimum atomic E-state index is -1.40. The largest absolute Gasteiger partial charge is 0.394 e. The Bertz CT molecular complexity index is 1420. The number of hydrogen-bond donors (Lipinski definition) is 4. The average Bonchev–Trinajstić information content (AvgIpc) is 3.60. The summed E-state index contributed by atoms with van der Waals surface area (Å²) in [6.45, 7) is 3.16. The van der Waals surface area contributed by atoms with Crippen molar-refractivity contribution in [3.05, 3.63) is 63.8 Å². The van der Waals surface area contributed by atoms with E-state index in [2.05, 4.69) is 31.6 Å². The van der Waals surface area contributed by atoms with Crippen LogP contribution in [-0.2, 0) is 14.3 Å². The number of benzene rings is 2. The summed E-state index contributed by atoms with van der Waals surface area (Å²) in [7, 11) is 1.34. The van der Waals surface area contributed by atoms with E-state index in [1.165, 1.54) is 29.8 Å². The van der Waals surface area contributed by atoms with Gasteiger partial charge in [-0.15, -0.1) is 5.10 Å². The maximum atomic E-state index is 14.4. The summed E-state index contributed by atoms with van der Waals surface area (Å²) < 4.78 is 42.2. The van der Waals surface area contributed by atoms with Gasteiger partial charge in [0.2, 0.25) is 0 Å². The van der Waals surface area contributed by atoms with Crippen LogP contribution in [0.15, 0.2) is 41.0 Å². The maximum Gasteiger partial charge on any atom is 0.259 e. The number of aliphatic hydroxyl groups is 3. The molecule has 0 saturated carbocycles. The number of halogens is 3. The first-order valence-electron chi connectivity index (χ1n) is 13.4. The number of aromatic nitrogens is 3. The highest BCUT2D eigenvalue weighted by Crippen LogP contribution is 2.36. The van der Waals surface area contributed by atoms with Crippen molar-refractivity contribution in [2.45, 2.75) is 56.5 Å². The van der Waals surface area contributed by atoms with Gasteiger partial charge in [-0.3, -0.25) is 4.79 Å². The fourth-order valence-corrected chi connectivity index (χ4v) is 6.19. The Kier molecular flexibility index (Phi) is 9.04. The molecule has 0 spiro atoms. The number of carbonyl (C=O) groups excluding carboxylic acids is 1. The molecule has 226 valence electrons. The summed E-state index contributed by atoms with van der Waals surface area (Å²) in [6.07, 6.45) is -4.60. The molecular weight excluding hydrogens is 620 g/mol. The van der Waals surface area contributed by atoms with Crippen molar-refractivity contribution in [1.82, 2.24) is 20.3 Å². The quantitative estimate of drug-likeness (QED) is 0.300. The number of nitrogens with zero attached hydrogens (tertiary/aromatic N) is 4. The second-order valence-corrected chi connectivity index (χ2v) is 11.5. The van der Waals surface area contributed by atoms with Gasteiger partial charge in [-0.25, -0.2) is 13.5 Å². The molecule has 3 aromatic rings. The van der Waals surface area contributed by atoms with E-state index in [4.69, 9.17) is 9.47 Å². The molecule has 2 saturated heterocycles. The average molecular weight is 652 g/mol. The molecule has 0 bridgehead atoms. The highest BCUT2D eigenvalue weighted by atomic mass is 79.9. The molecule has 1 aromatic heterocycles. The topological polar surface area (TPSA) is 142 Å². The van der Waals surface area contributed by atoms with Crippen LogP contribution in [0, 0.1) is 25.5 Å². The zero-order valence-electron chi connectivity index (χ0n) is 23.1. The van der Waals surface area contributed by atoms with Crippen LogP contribution in [0.5, 0.6) is 0 Å². The number of carbonyl (C=O) groups is 1. The van der Waals surface area contributed by atoms with Gasteiger partial charge in [0, 0.05) is 41.5 Å². The van der Waals surface area contributed by atoms with Crippen LogP contribution < -0.4 is 10.2 Å². The molecule has 2 aliphatic rings. The van der Waals surface area contributed by atoms with E-state index in [-0.39, 0.29) is 23.4 Å². The number of anilines is 1. The van der Waals surface area contributed by atoms with E-state index in [9.17, 15) is 28.9 Å². The molecule has 11 nitrogen and oxygen atoms in total. The van der Waals surface area contributed by atoms with Crippen LogP contribution in [-0.4, -0.2) is 99.6 Å². The highest BCUT2D eigenvalue weighted by Gasteiger charge is 2.52. The lowest BCUT2D eigenvalue weighted by Gasteiger charge is -2.45. The smallest absolute Gasteiger partial charge is 0.259 e. The normalized spacial score (nSPS) is 27.8. The van der Waals surface area contributed by atoms with Crippen LogP contribution >= 0.6 is 15.9 Å². The molecule has 2 aromatic carbocycles. The van der Waals surface area contributed by atoms with Crippen LogP contribution in [0.25, 0.3) is 11.3 Å². The number of hydrogen-bond acceptors (Lipinski definition) is 9. The van der Waals surface area contributed by atoms with Crippen LogP contribution in [0.1, 0.15) is 17.2 Å². The maximum absolute atomic E-state index is 14.4. The van der Waals surface area contributed by atoms with Gasteiger partial charge in [-0.2, -0.15) is 0 Å². The lowest BCUT2D eigenvalue weighted by Crippen LogP contribution is -2.63. The minimum absolute atomic E-state index is 0.121. The van der Waals surface area contributed by atoms with Gasteiger partial charge in [0.25, 0.3) is 5.91 Å². The summed E-state index contributed by atoms with van der Waals surface area (Å²) in [5, 5.41) is 43.3. The van der Waals surface area contributed by atoms with Crippen molar-refractivity contribution in [3.63, 3.8) is 0 Å². The number of methoxy groups -OCH3 is 1. The van der Waals surface area contributed by atoms with E-state index in [1.54, 1.807) is 12.1 Å². The van der Waals surface area contributed by atoms with Crippen molar-refractivity contribution in [2.75, 3.05) is 31.7 Å². The molecular formula is C28H32BrF2N5O6. The van der Waals surface area contributed by atoms with Crippen LogP contribution in [0.4, 0.5) is 14.5 Å². The van der Waals surface area contributed by atoms with Gasteiger partial charge in [0.15, 0.2) is 6.10 Å². The summed E-state index contributed by atoms with van der Waals surface area (Å²) in [4.78, 5) is 15.8. The number of aliphatic hydroxyl groups excluding tert-OH is 3. The molecule has 3 heterocycles. The molecule has 14 heteroatoms. The Morgan fingerprint density at radius 2 is 1.90 bits per heavy atom. The first kappa shape index (κ1) is 30.6. The van der Waals surface area contributed by atoms with Gasteiger partial charge < -0.3 is 35.0 Å². The third-order valence-corrected chi connectivity index (χ3v) is 8.26. The number of rotatable bonds is 7. The van der Waals surface area contributed by atoms with E-state index >= 15 is 0 Å². The fourth-order valence-electron chi connectivity index (χ4n) is 5.60. The van der Waals surface area contributed by atoms with E-state index in [0.29, 0.717) is 12.2 Å². The molecule has 42 heavy (non-hydrogen) atoms. The predicted molar refractivity (Wildman–Crippen MR) is 151 cm³/mol. The first-order chi connectivity index (χ1) is 20.0. The number of β-amino-alcohol motifs (C(OH)–C–C–N with tert-alkyl or cyclic N) is 1. The van der Waals surface area contributed by atoms with Crippen molar-refractivity contribution < 1.29 is 38.4 Å². The first-order valence-corrected chi connectivity index (χ1v) is 14.2. The molecule has 5 rings (SSSR count). The van der Waals surface area contributed by atoms with Gasteiger partial charge in [0.05, 0.1) is 24.9 Å². The SMILES string of the molecule is CO[C@@H]1[C@@H](n2cc(-c3cc(F)c(C)c(F)c3)nn2)[C@@H](O)[C@@H](CO)O[C@H]1C(=O)N(c1cc(C)cc(Br)c1)[C@H]1CNC[C@@H]1O. The lowest BCUT2D eigenvalue weighted by atomic mass is 9.91. The van der Waals surface area contributed by atoms with Crippen molar-refractivity contribution in [1.29, 1.82) is 0 Å². The molecule has 2 fully saturated rings. The molecule has 2 aliphatic heterocycles. The Balaban J connectivity index is 1.54. The van der Waals surface area contributed by atoms with E-state index < -0.39 is 66.8 Å². The number of nitrogens with one attached hydrogen (secondary N) is 1. The minimum Gasteiger partial charge on any atom is -0.394 e. The highest BCUT2D eigenvalue weighted by molar-refractivity contribution is 9.10. The Morgan fingerprint density at radius 1 is 1.19 bits per heavy atom. The Labute approximate surface area is 249 Å². The van der Waals surface area contributed by atoms with Crippen LogP contribution in [0.2, 0.25) is 0 Å². The second kappa shape index (κ2) is 12.4. The van der Waals surface area contributed by atoms with E-state index in [1.807, 2.05) is 13.0 Å². The Morgan fingerprint density at radius 3 is 2.50 bits per heavy atom. The summed E-state index contributed by atoms with van der Waals surface area (Å²) in [5.41, 5.74) is 1.49. The monoisotopic (exact) mass is 651 g/mol. The lowest BCUT2D eigenvalue weighted by molar-refractivity contribution is -0.211. The van der Waals surface area contributed by atoms with E-state index in [0.717, 1.165) is 22.2 Å². The Hall–Kier alpha value is -2.85. The molecule has 4 N–H and O–H groups in total. The fraction of sp³-hybridized carbons (Fsp3) is 0.464. The number of aryl methyl sites for hydroxylation is 1. The molecule has 7 atom stereocenters. The predicted octanol–water partition coefficient (Wildman–Crippen LogP) is 1.65. The standard InChI is InChI=1S/C28H32BrF2N5O6/c1-13-4-16(29)8-17(5-13)36(21-9-32-10-22(21)38)28(40)27-26(41-3)24(25(39)23(12-37)42-27)35-11-20(33-34-35)15-6-18(30)14(2)19(31)7-15/h4-8,11,21-27,32,37-39H,9-10,12H2,1-3H3/t21-,22-,23+,24-,25-,26+,27+/m0/s1. The summed E-state index contributed by atoms with van der Waals surface area (Å²) in [5.74, 6) is -2.07. The molecule has 0 unspecified atom stereocenters. The number of ether oxygens (including phenoxy) is 2. The zero-order chi connectivity index (χ0) is 30.3. The van der Waals surface area contributed by atoms with Gasteiger partial charge in [0.1, 0.15) is 41.7 Å². The van der Waals surface area contributed by atoms with Crippen LogP contribution in [0.3, 0.4) is 0 Å². The second-order valence-electron chi connectivity index (χ2n) is 10.6. The van der Waals surface area contributed by atoms with Crippen molar-refractivity contribution in [2.24, 2.45) is 0 Å². The zero-order valence-corrected chi connectivity index (χ0v) is 24.7. The van der Waals surface area contributed by atoms with Crippen molar-refractivity contribution >= 4 is 27.5 Å². The molecule has 0 aliphatic carbocycles. The number of amides is 1. The van der Waals surface area contributed by atoms with Gasteiger partial charge in [-0.05, 0) is 49.7 Å². The summed E-state index contributed by atoms with van der Waals surface area (Å²) >= 11 is 3.48. The molecule has 1 amide bonds. The third kappa shape index (κ3) is 5.72.